The average molecular weight is 401 g/mol. The molecule has 0 spiro atoms. The Bertz CT molecular complexity index is 654. The second kappa shape index (κ2) is 8.89. The molecule has 3 atom stereocenters. The largest absolute Gasteiger partial charge is 0.573 e. The lowest BCUT2D eigenvalue weighted by Crippen LogP contribution is -2.57. The molecule has 2 aliphatic rings. The quantitative estimate of drug-likeness (QED) is 0.701. The normalized spacial score (nSPS) is 26.0. The molecule has 1 saturated heterocycles. The summed E-state index contributed by atoms with van der Waals surface area (Å²) in [6.45, 7) is 1.56. The van der Waals surface area contributed by atoms with Crippen LogP contribution in [0.15, 0.2) is 24.3 Å². The van der Waals surface area contributed by atoms with Crippen LogP contribution in [0.5, 0.6) is 5.75 Å². The van der Waals surface area contributed by atoms with E-state index in [4.69, 9.17) is 5.11 Å². The third kappa shape index (κ3) is 5.92. The molecule has 3 N–H and O–H groups in total. The van der Waals surface area contributed by atoms with Gasteiger partial charge in [0.15, 0.2) is 0 Å². The van der Waals surface area contributed by atoms with Crippen molar-refractivity contribution in [3.63, 3.8) is 0 Å². The zero-order valence-electron chi connectivity index (χ0n) is 15.5. The van der Waals surface area contributed by atoms with E-state index in [1.807, 2.05) is 0 Å². The maximum atomic E-state index is 12.3. The van der Waals surface area contributed by atoms with Gasteiger partial charge in [0, 0.05) is 36.9 Å². The first-order valence-electron chi connectivity index (χ1n) is 9.66. The monoisotopic (exact) mass is 401 g/mol. The summed E-state index contributed by atoms with van der Waals surface area (Å²) in [4.78, 5) is 13.2. The molecule has 1 aromatic rings. The lowest BCUT2D eigenvalue weighted by molar-refractivity contribution is -0.274. The first kappa shape index (κ1) is 20.6. The molecule has 2 fully saturated rings. The molecule has 0 aromatic heterocycles. The van der Waals surface area contributed by atoms with Crippen molar-refractivity contribution < 1.29 is 27.8 Å². The van der Waals surface area contributed by atoms with E-state index in [9.17, 15) is 18.0 Å². The van der Waals surface area contributed by atoms with Crippen LogP contribution in [0.3, 0.4) is 0 Å². The van der Waals surface area contributed by atoms with Crippen LogP contribution in [0.4, 0.5) is 23.7 Å². The SMILES string of the molecule is O=C(O)N[C@@H]1CCCC[C@H]1N[C@H]1CCCN(c2ccc(OC(F)(F)F)cc2)C1. The Hall–Kier alpha value is -2.16. The highest BCUT2D eigenvalue weighted by molar-refractivity contribution is 5.65. The van der Waals surface area contributed by atoms with Crippen molar-refractivity contribution in [3.05, 3.63) is 24.3 Å². The summed E-state index contributed by atoms with van der Waals surface area (Å²) in [5.41, 5.74) is 0.852. The van der Waals surface area contributed by atoms with Gasteiger partial charge in [0.05, 0.1) is 0 Å². The minimum Gasteiger partial charge on any atom is -0.465 e. The van der Waals surface area contributed by atoms with Gasteiger partial charge in [-0.1, -0.05) is 12.8 Å². The van der Waals surface area contributed by atoms with Gasteiger partial charge in [0.2, 0.25) is 0 Å². The number of amides is 1. The molecule has 9 heteroatoms. The van der Waals surface area contributed by atoms with Crippen molar-refractivity contribution in [1.29, 1.82) is 0 Å². The predicted octanol–water partition coefficient (Wildman–Crippen LogP) is 3.72. The Morgan fingerprint density at radius 3 is 2.39 bits per heavy atom. The molecule has 1 aliphatic carbocycles. The van der Waals surface area contributed by atoms with E-state index < -0.39 is 12.5 Å². The average Bonchev–Trinajstić information content (AvgIpc) is 2.62. The molecule has 1 aliphatic heterocycles. The van der Waals surface area contributed by atoms with E-state index in [-0.39, 0.29) is 23.9 Å². The molecular weight excluding hydrogens is 375 g/mol. The molecule has 1 heterocycles. The van der Waals surface area contributed by atoms with E-state index in [0.717, 1.165) is 57.3 Å². The highest BCUT2D eigenvalue weighted by atomic mass is 19.4. The van der Waals surface area contributed by atoms with Crippen LogP contribution in [-0.4, -0.2) is 48.8 Å². The molecule has 1 aromatic carbocycles. The Kier molecular flexibility index (Phi) is 6.53. The molecule has 0 unspecified atom stereocenters. The fraction of sp³-hybridized carbons (Fsp3) is 0.632. The fourth-order valence-corrected chi connectivity index (χ4v) is 4.17. The molecule has 156 valence electrons. The number of piperidine rings is 1. The van der Waals surface area contributed by atoms with Gasteiger partial charge in [0.1, 0.15) is 5.75 Å². The van der Waals surface area contributed by atoms with Gasteiger partial charge in [0.25, 0.3) is 0 Å². The summed E-state index contributed by atoms with van der Waals surface area (Å²) in [6.07, 6.45) is 0.127. The number of hydrogen-bond donors (Lipinski definition) is 3. The fourth-order valence-electron chi connectivity index (χ4n) is 4.17. The second-order valence-electron chi connectivity index (χ2n) is 7.44. The number of anilines is 1. The van der Waals surface area contributed by atoms with Crippen LogP contribution in [0, 0.1) is 0 Å². The maximum Gasteiger partial charge on any atom is 0.573 e. The van der Waals surface area contributed by atoms with E-state index in [0.29, 0.717) is 0 Å². The van der Waals surface area contributed by atoms with Gasteiger partial charge < -0.3 is 25.4 Å². The summed E-state index contributed by atoms with van der Waals surface area (Å²) in [7, 11) is 0. The first-order valence-corrected chi connectivity index (χ1v) is 9.66. The molecule has 28 heavy (non-hydrogen) atoms. The van der Waals surface area contributed by atoms with Crippen molar-refractivity contribution >= 4 is 11.8 Å². The van der Waals surface area contributed by atoms with Gasteiger partial charge in [-0.3, -0.25) is 0 Å². The molecule has 0 bridgehead atoms. The smallest absolute Gasteiger partial charge is 0.465 e. The summed E-state index contributed by atoms with van der Waals surface area (Å²) in [6, 6.07) is 6.16. The topological polar surface area (TPSA) is 73.8 Å². The van der Waals surface area contributed by atoms with Crippen LogP contribution in [0.2, 0.25) is 0 Å². The molecule has 0 radical (unpaired) electrons. The summed E-state index contributed by atoms with van der Waals surface area (Å²) >= 11 is 0. The number of carbonyl (C=O) groups is 1. The van der Waals surface area contributed by atoms with Crippen molar-refractivity contribution in [2.75, 3.05) is 18.0 Å². The van der Waals surface area contributed by atoms with Gasteiger partial charge in [-0.05, 0) is 49.9 Å². The van der Waals surface area contributed by atoms with Crippen LogP contribution in [0.1, 0.15) is 38.5 Å². The van der Waals surface area contributed by atoms with Crippen LogP contribution in [0.25, 0.3) is 0 Å². The van der Waals surface area contributed by atoms with Gasteiger partial charge >= 0.3 is 12.5 Å². The zero-order chi connectivity index (χ0) is 20.1. The Balaban J connectivity index is 1.58. The third-order valence-corrected chi connectivity index (χ3v) is 5.38. The summed E-state index contributed by atoms with van der Waals surface area (Å²) in [5, 5.41) is 15.3. The number of benzene rings is 1. The standard InChI is InChI=1S/C19H26F3N3O3/c20-19(21,22)28-15-9-7-14(8-10-15)25-11-3-4-13(12-25)23-16-5-1-2-6-17(16)24-18(26)27/h7-10,13,16-17,23-24H,1-6,11-12H2,(H,26,27)/t13-,16+,17+/m0/s1. The van der Waals surface area contributed by atoms with Crippen LogP contribution >= 0.6 is 0 Å². The predicted molar refractivity (Wildman–Crippen MR) is 98.7 cm³/mol. The maximum absolute atomic E-state index is 12.3. The summed E-state index contributed by atoms with van der Waals surface area (Å²) in [5.74, 6) is -0.229. The molecule has 1 saturated carbocycles. The van der Waals surface area contributed by atoms with E-state index in [2.05, 4.69) is 20.3 Å². The number of carboxylic acid groups (broad SMARTS) is 1. The number of nitrogens with zero attached hydrogens (tertiary/aromatic N) is 1. The number of ether oxygens (including phenoxy) is 1. The van der Waals surface area contributed by atoms with Gasteiger partial charge in [-0.2, -0.15) is 0 Å². The molecular formula is C19H26F3N3O3. The van der Waals surface area contributed by atoms with Crippen molar-refractivity contribution in [1.82, 2.24) is 10.6 Å². The number of nitrogens with one attached hydrogen (secondary N) is 2. The number of halogens is 3. The van der Waals surface area contributed by atoms with Crippen LogP contribution in [-0.2, 0) is 0 Å². The van der Waals surface area contributed by atoms with E-state index >= 15 is 0 Å². The Morgan fingerprint density at radius 2 is 1.75 bits per heavy atom. The van der Waals surface area contributed by atoms with E-state index in [1.54, 1.807) is 12.1 Å². The molecule has 1 amide bonds. The lowest BCUT2D eigenvalue weighted by Gasteiger charge is -2.40. The molecule has 3 rings (SSSR count). The van der Waals surface area contributed by atoms with Crippen molar-refractivity contribution in [3.8, 4) is 5.75 Å². The Morgan fingerprint density at radius 1 is 1.07 bits per heavy atom. The number of rotatable bonds is 5. The number of hydrogen-bond acceptors (Lipinski definition) is 4. The van der Waals surface area contributed by atoms with E-state index in [1.165, 1.54) is 12.1 Å². The minimum absolute atomic E-state index is 0.0829. The van der Waals surface area contributed by atoms with Crippen molar-refractivity contribution in [2.45, 2.75) is 63.0 Å². The first-order chi connectivity index (χ1) is 13.3. The van der Waals surface area contributed by atoms with Gasteiger partial charge in [-0.15, -0.1) is 13.2 Å². The minimum atomic E-state index is -4.69. The Labute approximate surface area is 162 Å². The second-order valence-corrected chi connectivity index (χ2v) is 7.44. The van der Waals surface area contributed by atoms with Crippen LogP contribution < -0.4 is 20.3 Å². The molecule has 6 nitrogen and oxygen atoms in total. The highest BCUT2D eigenvalue weighted by Crippen LogP contribution is 2.27. The highest BCUT2D eigenvalue weighted by Gasteiger charge is 2.32. The zero-order valence-corrected chi connectivity index (χ0v) is 15.5. The van der Waals surface area contributed by atoms with Crippen molar-refractivity contribution in [2.24, 2.45) is 0 Å². The summed E-state index contributed by atoms with van der Waals surface area (Å²) < 4.78 is 40.8. The number of alkyl halides is 3. The lowest BCUT2D eigenvalue weighted by atomic mass is 9.89. The van der Waals surface area contributed by atoms with Gasteiger partial charge in [-0.25, -0.2) is 4.79 Å². The third-order valence-electron chi connectivity index (χ3n) is 5.38.